The molecule has 0 spiro atoms. The molecule has 0 unspecified atom stereocenters. The number of likely N-dealkylation sites (tertiary alicyclic amines) is 1. The van der Waals surface area contributed by atoms with E-state index >= 15 is 0 Å². The molecule has 136 valence electrons. The molecule has 0 aromatic heterocycles. The zero-order chi connectivity index (χ0) is 18.4. The Morgan fingerprint density at radius 2 is 1.83 bits per heavy atom. The first-order chi connectivity index (χ1) is 11.1. The summed E-state index contributed by atoms with van der Waals surface area (Å²) in [5, 5.41) is 0. The topological polar surface area (TPSA) is 48.0 Å². The van der Waals surface area contributed by atoms with Crippen molar-refractivity contribution in [3.8, 4) is 11.8 Å². The molecule has 1 fully saturated rings. The van der Waals surface area contributed by atoms with Gasteiger partial charge in [0, 0.05) is 36.4 Å². The molecule has 1 heterocycles. The van der Waals surface area contributed by atoms with Crippen LogP contribution in [0.3, 0.4) is 0 Å². The highest BCUT2D eigenvalue weighted by Gasteiger charge is 2.46. The molecule has 0 N–H and O–H groups in total. The van der Waals surface area contributed by atoms with Gasteiger partial charge in [0.1, 0.15) is 18.5 Å². The first-order valence-electron chi connectivity index (χ1n) is 8.46. The van der Waals surface area contributed by atoms with Crippen molar-refractivity contribution in [1.82, 2.24) is 4.90 Å². The summed E-state index contributed by atoms with van der Waals surface area (Å²) in [6, 6.07) is 0. The van der Waals surface area contributed by atoms with E-state index in [4.69, 9.17) is 14.5 Å². The van der Waals surface area contributed by atoms with E-state index in [9.17, 15) is 4.79 Å². The number of allylic oxidation sites excluding steroid dienone is 2. The predicted molar refractivity (Wildman–Crippen MR) is 93.9 cm³/mol. The van der Waals surface area contributed by atoms with Gasteiger partial charge in [0.05, 0.1) is 0 Å². The van der Waals surface area contributed by atoms with Crippen molar-refractivity contribution in [2.75, 3.05) is 13.2 Å². The van der Waals surface area contributed by atoms with Crippen LogP contribution < -0.4 is 0 Å². The third kappa shape index (κ3) is 5.85. The Labute approximate surface area is 146 Å². The van der Waals surface area contributed by atoms with Crippen LogP contribution in [0, 0.1) is 11.8 Å². The number of piperidine rings is 1. The highest BCUT2D eigenvalue weighted by atomic mass is 17.2. The van der Waals surface area contributed by atoms with E-state index in [1.807, 2.05) is 19.9 Å². The van der Waals surface area contributed by atoms with Crippen LogP contribution in [0.5, 0.6) is 0 Å². The average Bonchev–Trinajstić information content (AvgIpc) is 2.43. The molecule has 0 amide bonds. The molecule has 1 aliphatic rings. The number of carbonyl (C=O) groups excluding carboxylic acids is 1. The van der Waals surface area contributed by atoms with Crippen LogP contribution >= 0.6 is 0 Å². The number of nitrogens with zero attached hydrogens (tertiary/aromatic N) is 1. The summed E-state index contributed by atoms with van der Waals surface area (Å²) in [6.45, 7) is 15.3. The van der Waals surface area contributed by atoms with E-state index in [0.717, 1.165) is 25.1 Å². The van der Waals surface area contributed by atoms with E-state index in [2.05, 4.69) is 44.4 Å². The third-order valence-corrected chi connectivity index (χ3v) is 4.41. The monoisotopic (exact) mass is 337 g/mol. The molecule has 0 aromatic carbocycles. The maximum Gasteiger partial charge on any atom is 0.384 e. The summed E-state index contributed by atoms with van der Waals surface area (Å²) in [5.74, 6) is 5.34. The smallest absolute Gasteiger partial charge is 0.384 e. The first kappa shape index (κ1) is 20.5. The van der Waals surface area contributed by atoms with E-state index in [0.29, 0.717) is 6.61 Å². The Morgan fingerprint density at radius 3 is 2.33 bits per heavy atom. The quantitative estimate of drug-likeness (QED) is 0.141. The molecule has 1 saturated heterocycles. The maximum atomic E-state index is 11.7. The number of rotatable bonds is 6. The lowest BCUT2D eigenvalue weighted by molar-refractivity contribution is -0.267. The fourth-order valence-corrected chi connectivity index (χ4v) is 3.51. The van der Waals surface area contributed by atoms with Gasteiger partial charge in [-0.05, 0) is 54.5 Å². The highest BCUT2D eigenvalue weighted by Crippen LogP contribution is 2.39. The highest BCUT2D eigenvalue weighted by molar-refractivity contribution is 5.88. The van der Waals surface area contributed by atoms with Gasteiger partial charge in [-0.25, -0.2) is 4.79 Å². The zero-order valence-electron chi connectivity index (χ0n) is 16.1. The van der Waals surface area contributed by atoms with Crippen molar-refractivity contribution >= 4 is 5.97 Å². The Morgan fingerprint density at radius 1 is 1.25 bits per heavy atom. The van der Waals surface area contributed by atoms with Gasteiger partial charge in [0.15, 0.2) is 0 Å². The van der Waals surface area contributed by atoms with Crippen LogP contribution in [0.4, 0.5) is 0 Å². The number of hydrogen-bond donors (Lipinski definition) is 0. The Bertz CT molecular complexity index is 507. The molecule has 1 aliphatic heterocycles. The van der Waals surface area contributed by atoms with Gasteiger partial charge in [-0.3, -0.25) is 4.90 Å². The lowest BCUT2D eigenvalue weighted by Crippen LogP contribution is -2.63. The van der Waals surface area contributed by atoms with Gasteiger partial charge in [0.2, 0.25) is 0 Å². The van der Waals surface area contributed by atoms with Crippen molar-refractivity contribution in [2.45, 2.75) is 78.5 Å². The maximum absolute atomic E-state index is 11.7. The average molecular weight is 337 g/mol. The molecule has 0 saturated carbocycles. The molecular weight excluding hydrogens is 306 g/mol. The number of carbonyl (C=O) groups is 1. The lowest BCUT2D eigenvalue weighted by atomic mass is 9.78. The number of esters is 1. The minimum atomic E-state index is -0.443. The molecule has 0 bridgehead atoms. The minimum Gasteiger partial charge on any atom is -0.453 e. The normalized spacial score (nSPS) is 20.9. The van der Waals surface area contributed by atoms with Crippen molar-refractivity contribution in [3.05, 3.63) is 11.8 Å². The van der Waals surface area contributed by atoms with Gasteiger partial charge in [-0.1, -0.05) is 5.92 Å². The molecule has 0 aromatic rings. The molecule has 0 aliphatic carbocycles. The molecule has 0 atom stereocenters. The van der Waals surface area contributed by atoms with Crippen molar-refractivity contribution in [3.63, 3.8) is 0 Å². The summed E-state index contributed by atoms with van der Waals surface area (Å²) in [7, 11) is 0. The van der Waals surface area contributed by atoms with Crippen molar-refractivity contribution in [1.29, 1.82) is 0 Å². The summed E-state index contributed by atoms with van der Waals surface area (Å²) < 4.78 is 5.52. The third-order valence-electron chi connectivity index (χ3n) is 4.41. The van der Waals surface area contributed by atoms with Gasteiger partial charge >= 0.3 is 5.97 Å². The molecular formula is C19H31NO4. The van der Waals surface area contributed by atoms with Gasteiger partial charge in [-0.2, -0.15) is 4.89 Å². The van der Waals surface area contributed by atoms with Crippen LogP contribution in [-0.4, -0.2) is 41.2 Å². The van der Waals surface area contributed by atoms with Gasteiger partial charge < -0.3 is 9.62 Å². The molecule has 5 nitrogen and oxygen atoms in total. The number of hydrogen-bond acceptors (Lipinski definition) is 5. The summed E-state index contributed by atoms with van der Waals surface area (Å²) in [4.78, 5) is 24.5. The van der Waals surface area contributed by atoms with Crippen molar-refractivity contribution in [2.24, 2.45) is 0 Å². The first-order valence-corrected chi connectivity index (χ1v) is 8.46. The largest absolute Gasteiger partial charge is 0.453 e. The van der Waals surface area contributed by atoms with Gasteiger partial charge in [-0.15, -0.1) is 0 Å². The lowest BCUT2D eigenvalue weighted by Gasteiger charge is -2.54. The molecule has 1 rings (SSSR count). The Balaban J connectivity index is 2.67. The number of ether oxygens (including phenoxy) is 1. The summed E-state index contributed by atoms with van der Waals surface area (Å²) in [6.07, 6.45) is 3.26. The van der Waals surface area contributed by atoms with Crippen LogP contribution in [0.25, 0.3) is 0 Å². The van der Waals surface area contributed by atoms with Crippen molar-refractivity contribution < 1.29 is 19.3 Å². The van der Waals surface area contributed by atoms with Crippen LogP contribution in [0.2, 0.25) is 0 Å². The zero-order valence-corrected chi connectivity index (χ0v) is 16.1. The predicted octanol–water partition coefficient (Wildman–Crippen LogP) is 3.45. The SMILES string of the molecule is CC#CC(=O)OC1CC(C)(C)N(CCOO/C(C)=C/C)C(C)(C)C1. The molecule has 24 heavy (non-hydrogen) atoms. The molecule has 5 heteroatoms. The fourth-order valence-electron chi connectivity index (χ4n) is 3.51. The van der Waals surface area contributed by atoms with E-state index < -0.39 is 5.97 Å². The van der Waals surface area contributed by atoms with E-state index in [1.54, 1.807) is 6.92 Å². The minimum absolute atomic E-state index is 0.120. The van der Waals surface area contributed by atoms with E-state index in [-0.39, 0.29) is 17.2 Å². The fraction of sp³-hybridized carbons (Fsp3) is 0.737. The Kier molecular flexibility index (Phi) is 7.31. The second-order valence-electron chi connectivity index (χ2n) is 7.39. The standard InChI is InChI=1S/C19H31NO4/c1-8-10-17(21)23-16-13-18(4,5)20(19(6,7)14-16)11-12-22-24-15(3)9-2/h9,16H,11-14H2,1-7H3/b15-9+. The second-order valence-corrected chi connectivity index (χ2v) is 7.39. The van der Waals surface area contributed by atoms with Crippen LogP contribution in [0.15, 0.2) is 11.8 Å². The summed E-state index contributed by atoms with van der Waals surface area (Å²) >= 11 is 0. The van der Waals surface area contributed by atoms with Crippen LogP contribution in [-0.2, 0) is 19.3 Å². The Hall–Kier alpha value is -1.51. The summed E-state index contributed by atoms with van der Waals surface area (Å²) in [5.41, 5.74) is -0.239. The van der Waals surface area contributed by atoms with Crippen LogP contribution in [0.1, 0.15) is 61.3 Å². The second kappa shape index (κ2) is 8.55. The molecule has 0 radical (unpaired) electrons. The van der Waals surface area contributed by atoms with E-state index in [1.165, 1.54) is 0 Å². The van der Waals surface area contributed by atoms with Gasteiger partial charge in [0.25, 0.3) is 0 Å².